The lowest BCUT2D eigenvalue weighted by Crippen LogP contribution is -2.44. The van der Waals surface area contributed by atoms with Crippen LogP contribution in [0.5, 0.6) is 0 Å². The van der Waals surface area contributed by atoms with Crippen LogP contribution in [0.4, 0.5) is 8.78 Å². The predicted molar refractivity (Wildman–Crippen MR) is 46.7 cm³/mol. The molecule has 2 nitrogen and oxygen atoms in total. The van der Waals surface area contributed by atoms with Gasteiger partial charge < -0.3 is 5.73 Å². The van der Waals surface area contributed by atoms with Crippen molar-refractivity contribution in [2.75, 3.05) is 26.2 Å². The first-order chi connectivity index (χ1) is 6.11. The molecule has 2 N–H and O–H groups in total. The average molecular weight is 190 g/mol. The van der Waals surface area contributed by atoms with Crippen molar-refractivity contribution in [3.05, 3.63) is 0 Å². The lowest BCUT2D eigenvalue weighted by atomic mass is 10.1. The Labute approximate surface area is 77.1 Å². The molecule has 1 saturated heterocycles. The molecular formula is C9H16F2N2. The minimum Gasteiger partial charge on any atom is -0.325 e. The standard InChI is InChI=1S/C9H16F2N2/c10-9(11,5-12)6-13-2-1-7-3-8(7)4-13/h7-8H,1-6,12H2. The highest BCUT2D eigenvalue weighted by Gasteiger charge is 2.43. The second-order valence-electron chi connectivity index (χ2n) is 4.34. The van der Waals surface area contributed by atoms with Crippen molar-refractivity contribution in [1.29, 1.82) is 0 Å². The molecule has 13 heavy (non-hydrogen) atoms. The first-order valence-electron chi connectivity index (χ1n) is 4.91. The normalized spacial score (nSPS) is 34.4. The molecule has 1 aliphatic heterocycles. The molecule has 0 spiro atoms. The summed E-state index contributed by atoms with van der Waals surface area (Å²) in [5.74, 6) is -1.13. The van der Waals surface area contributed by atoms with E-state index in [-0.39, 0.29) is 6.54 Å². The number of halogens is 2. The van der Waals surface area contributed by atoms with E-state index in [4.69, 9.17) is 5.73 Å². The van der Waals surface area contributed by atoms with E-state index in [1.54, 1.807) is 0 Å². The molecule has 2 atom stereocenters. The number of alkyl halides is 2. The second-order valence-corrected chi connectivity index (χ2v) is 4.34. The molecule has 2 rings (SSSR count). The van der Waals surface area contributed by atoms with Gasteiger partial charge in [-0.25, -0.2) is 8.78 Å². The third-order valence-corrected chi connectivity index (χ3v) is 3.13. The van der Waals surface area contributed by atoms with Gasteiger partial charge in [-0.1, -0.05) is 0 Å². The van der Waals surface area contributed by atoms with Crippen molar-refractivity contribution < 1.29 is 8.78 Å². The number of hydrogen-bond donors (Lipinski definition) is 1. The van der Waals surface area contributed by atoms with Gasteiger partial charge in [0.2, 0.25) is 0 Å². The van der Waals surface area contributed by atoms with E-state index < -0.39 is 12.5 Å². The van der Waals surface area contributed by atoms with Gasteiger partial charge in [-0.2, -0.15) is 0 Å². The van der Waals surface area contributed by atoms with Gasteiger partial charge in [0.1, 0.15) is 0 Å². The van der Waals surface area contributed by atoms with Gasteiger partial charge in [0, 0.05) is 6.54 Å². The van der Waals surface area contributed by atoms with E-state index in [2.05, 4.69) is 0 Å². The number of rotatable bonds is 3. The minimum atomic E-state index is -2.69. The first-order valence-corrected chi connectivity index (χ1v) is 4.91. The molecule has 1 saturated carbocycles. The molecule has 0 aromatic carbocycles. The van der Waals surface area contributed by atoms with E-state index in [9.17, 15) is 8.78 Å². The third-order valence-electron chi connectivity index (χ3n) is 3.13. The van der Waals surface area contributed by atoms with Crippen LogP contribution in [-0.4, -0.2) is 37.0 Å². The van der Waals surface area contributed by atoms with E-state index in [1.165, 1.54) is 6.42 Å². The van der Waals surface area contributed by atoms with Crippen molar-refractivity contribution in [2.45, 2.75) is 18.8 Å². The summed E-state index contributed by atoms with van der Waals surface area (Å²) >= 11 is 0. The Kier molecular flexibility index (Phi) is 2.28. The summed E-state index contributed by atoms with van der Waals surface area (Å²) < 4.78 is 25.8. The first kappa shape index (κ1) is 9.34. The van der Waals surface area contributed by atoms with E-state index in [1.807, 2.05) is 4.90 Å². The smallest absolute Gasteiger partial charge is 0.272 e. The molecule has 0 aromatic heterocycles. The van der Waals surface area contributed by atoms with Crippen LogP contribution in [0.2, 0.25) is 0 Å². The van der Waals surface area contributed by atoms with Crippen LogP contribution in [-0.2, 0) is 0 Å². The Morgan fingerprint density at radius 3 is 2.77 bits per heavy atom. The predicted octanol–water partition coefficient (Wildman–Crippen LogP) is 0.922. The molecular weight excluding hydrogens is 174 g/mol. The molecule has 1 aliphatic carbocycles. The molecule has 0 bridgehead atoms. The summed E-state index contributed by atoms with van der Waals surface area (Å²) in [7, 11) is 0. The molecule has 0 aromatic rings. The van der Waals surface area contributed by atoms with Crippen LogP contribution in [0.15, 0.2) is 0 Å². The molecule has 0 radical (unpaired) electrons. The van der Waals surface area contributed by atoms with Crippen LogP contribution in [0.25, 0.3) is 0 Å². The van der Waals surface area contributed by atoms with Gasteiger partial charge in [-0.3, -0.25) is 4.90 Å². The van der Waals surface area contributed by atoms with Gasteiger partial charge in [0.25, 0.3) is 5.92 Å². The molecule has 2 fully saturated rings. The van der Waals surface area contributed by atoms with Crippen molar-refractivity contribution in [3.8, 4) is 0 Å². The van der Waals surface area contributed by atoms with Gasteiger partial charge in [0.15, 0.2) is 0 Å². The second kappa shape index (κ2) is 3.17. The van der Waals surface area contributed by atoms with E-state index in [0.717, 1.165) is 25.4 Å². The number of hydrogen-bond acceptors (Lipinski definition) is 2. The molecule has 0 amide bonds. The summed E-state index contributed by atoms with van der Waals surface area (Å²) in [6, 6.07) is 0. The van der Waals surface area contributed by atoms with Crippen molar-refractivity contribution >= 4 is 0 Å². The quantitative estimate of drug-likeness (QED) is 0.717. The van der Waals surface area contributed by atoms with E-state index >= 15 is 0 Å². The fraction of sp³-hybridized carbons (Fsp3) is 1.00. The highest BCUT2D eigenvalue weighted by atomic mass is 19.3. The van der Waals surface area contributed by atoms with Crippen LogP contribution >= 0.6 is 0 Å². The van der Waals surface area contributed by atoms with Gasteiger partial charge in [-0.05, 0) is 31.2 Å². The fourth-order valence-corrected chi connectivity index (χ4v) is 2.19. The highest BCUT2D eigenvalue weighted by Crippen LogP contribution is 2.45. The summed E-state index contributed by atoms with van der Waals surface area (Å²) in [6.45, 7) is 1.02. The zero-order valence-electron chi connectivity index (χ0n) is 7.68. The molecule has 2 unspecified atom stereocenters. The Morgan fingerprint density at radius 2 is 2.15 bits per heavy atom. The number of nitrogens with two attached hydrogens (primary N) is 1. The third kappa shape index (κ3) is 2.17. The van der Waals surface area contributed by atoms with Crippen molar-refractivity contribution in [2.24, 2.45) is 17.6 Å². The fourth-order valence-electron chi connectivity index (χ4n) is 2.19. The molecule has 4 heteroatoms. The average Bonchev–Trinajstić information content (AvgIpc) is 2.81. The monoisotopic (exact) mass is 190 g/mol. The minimum absolute atomic E-state index is 0.146. The highest BCUT2D eigenvalue weighted by molar-refractivity contribution is 4.94. The van der Waals surface area contributed by atoms with Crippen LogP contribution in [0.1, 0.15) is 12.8 Å². The molecule has 76 valence electrons. The largest absolute Gasteiger partial charge is 0.325 e. The van der Waals surface area contributed by atoms with Gasteiger partial charge in [0.05, 0.1) is 13.1 Å². The maximum Gasteiger partial charge on any atom is 0.272 e. The summed E-state index contributed by atoms with van der Waals surface area (Å²) in [5.41, 5.74) is 4.99. The van der Waals surface area contributed by atoms with Crippen LogP contribution in [0.3, 0.4) is 0 Å². The number of piperidine rings is 1. The Morgan fingerprint density at radius 1 is 1.38 bits per heavy atom. The van der Waals surface area contributed by atoms with Crippen LogP contribution in [0, 0.1) is 11.8 Å². The van der Waals surface area contributed by atoms with Crippen molar-refractivity contribution in [1.82, 2.24) is 4.90 Å². The zero-order valence-corrected chi connectivity index (χ0v) is 7.68. The van der Waals surface area contributed by atoms with Gasteiger partial charge >= 0.3 is 0 Å². The van der Waals surface area contributed by atoms with Crippen molar-refractivity contribution in [3.63, 3.8) is 0 Å². The topological polar surface area (TPSA) is 29.3 Å². The molecule has 2 aliphatic rings. The van der Waals surface area contributed by atoms with Gasteiger partial charge in [-0.15, -0.1) is 0 Å². The summed E-state index contributed by atoms with van der Waals surface area (Å²) in [5, 5.41) is 0. The Balaban J connectivity index is 1.81. The summed E-state index contributed by atoms with van der Waals surface area (Å²) in [4.78, 5) is 1.86. The van der Waals surface area contributed by atoms with Crippen LogP contribution < -0.4 is 5.73 Å². The Bertz CT molecular complexity index is 196. The van der Waals surface area contributed by atoms with E-state index in [0.29, 0.717) is 5.92 Å². The molecule has 1 heterocycles. The maximum absolute atomic E-state index is 12.9. The number of nitrogens with zero attached hydrogens (tertiary/aromatic N) is 1. The SMILES string of the molecule is NCC(F)(F)CN1CCC2CC2C1. The lowest BCUT2D eigenvalue weighted by molar-refractivity contribution is -0.0283. The maximum atomic E-state index is 12.9. The Hall–Kier alpha value is -0.220. The zero-order chi connectivity index (χ0) is 9.47. The summed E-state index contributed by atoms with van der Waals surface area (Å²) in [6.07, 6.45) is 2.36. The number of likely N-dealkylation sites (tertiary alicyclic amines) is 1. The number of fused-ring (bicyclic) bond motifs is 1. The lowest BCUT2D eigenvalue weighted by Gasteiger charge is -2.29.